The average molecular weight is 977 g/mol. The molecule has 1 rings (SSSR count). The highest BCUT2D eigenvalue weighted by atomic mass is 16.4. The van der Waals surface area contributed by atoms with Crippen LogP contribution in [0.25, 0.3) is 0 Å². The smallest absolute Gasteiger partial charge is 0.326 e. The van der Waals surface area contributed by atoms with E-state index in [0.29, 0.717) is 18.4 Å². The Hall–Kier alpha value is -6.36. The van der Waals surface area contributed by atoms with Crippen molar-refractivity contribution in [1.29, 1.82) is 0 Å². The number of amides is 8. The molecular formula is C46H76N10O13. The topological polar surface area (TPSA) is 380 Å². The maximum absolute atomic E-state index is 14.0. The summed E-state index contributed by atoms with van der Waals surface area (Å²) >= 11 is 0. The molecule has 69 heavy (non-hydrogen) atoms. The zero-order valence-corrected chi connectivity index (χ0v) is 41.2. The summed E-state index contributed by atoms with van der Waals surface area (Å²) in [6, 6.07) is -4.50. The number of carboxylic acids is 2. The maximum atomic E-state index is 14.0. The van der Waals surface area contributed by atoms with E-state index in [4.69, 9.17) is 11.5 Å². The number of nitrogens with two attached hydrogens (primary N) is 2. The first-order chi connectivity index (χ1) is 32.2. The van der Waals surface area contributed by atoms with Gasteiger partial charge in [-0.15, -0.1) is 0 Å². The van der Waals surface area contributed by atoms with Gasteiger partial charge in [0.1, 0.15) is 48.0 Å². The van der Waals surface area contributed by atoms with Gasteiger partial charge in [-0.3, -0.25) is 43.2 Å². The van der Waals surface area contributed by atoms with Crippen LogP contribution in [0.3, 0.4) is 0 Å². The van der Waals surface area contributed by atoms with E-state index in [0.717, 1.165) is 0 Å². The summed E-state index contributed by atoms with van der Waals surface area (Å²) in [6.07, 6.45) is -0.103. The van der Waals surface area contributed by atoms with E-state index >= 15 is 0 Å². The Morgan fingerprint density at radius 1 is 0.536 bits per heavy atom. The van der Waals surface area contributed by atoms with Crippen LogP contribution in [0.5, 0.6) is 5.75 Å². The number of aromatic hydroxyl groups is 1. The minimum atomic E-state index is -1.70. The van der Waals surface area contributed by atoms with Gasteiger partial charge in [0.2, 0.25) is 47.3 Å². The number of benzene rings is 1. The molecule has 0 aliphatic carbocycles. The summed E-state index contributed by atoms with van der Waals surface area (Å²) in [6.45, 7) is 14.6. The zero-order valence-electron chi connectivity index (χ0n) is 41.2. The Kier molecular flexibility index (Phi) is 26.5. The lowest BCUT2D eigenvalue weighted by molar-refractivity contribution is -0.143. The van der Waals surface area contributed by atoms with E-state index < -0.39 is 132 Å². The van der Waals surface area contributed by atoms with Gasteiger partial charge in [-0.05, 0) is 86.9 Å². The number of carbonyl (C=O) groups excluding carboxylic acids is 8. The Balaban J connectivity index is 3.33. The molecule has 0 fully saturated rings. The van der Waals surface area contributed by atoms with Gasteiger partial charge in [0.05, 0.1) is 19.0 Å². The highest BCUT2D eigenvalue weighted by molar-refractivity contribution is 5.98. The third kappa shape index (κ3) is 23.0. The van der Waals surface area contributed by atoms with Gasteiger partial charge in [-0.25, -0.2) is 4.79 Å². The molecule has 0 heterocycles. The van der Waals surface area contributed by atoms with Crippen molar-refractivity contribution in [3.8, 4) is 5.75 Å². The molecule has 0 bridgehead atoms. The molecule has 1 aromatic carbocycles. The van der Waals surface area contributed by atoms with Crippen molar-refractivity contribution < 1.29 is 63.3 Å². The van der Waals surface area contributed by atoms with Crippen LogP contribution in [0.4, 0.5) is 0 Å². The largest absolute Gasteiger partial charge is 0.508 e. The lowest BCUT2D eigenvalue weighted by Crippen LogP contribution is -2.60. The second-order valence-corrected chi connectivity index (χ2v) is 18.7. The third-order valence-electron chi connectivity index (χ3n) is 10.6. The summed E-state index contributed by atoms with van der Waals surface area (Å²) in [5, 5.41) is 49.1. The fraction of sp³-hybridized carbons (Fsp3) is 0.652. The zero-order chi connectivity index (χ0) is 52.7. The van der Waals surface area contributed by atoms with Gasteiger partial charge in [0.25, 0.3) is 0 Å². The molecule has 0 radical (unpaired) electrons. The first kappa shape index (κ1) is 60.7. The van der Waals surface area contributed by atoms with E-state index in [1.165, 1.54) is 31.2 Å². The van der Waals surface area contributed by atoms with E-state index in [9.17, 15) is 63.3 Å². The molecule has 1 aromatic rings. The highest BCUT2D eigenvalue weighted by Crippen LogP contribution is 2.14. The molecule has 0 aliphatic heterocycles. The number of hydrogen-bond acceptors (Lipinski definition) is 13. The van der Waals surface area contributed by atoms with Crippen LogP contribution < -0.4 is 54.0 Å². The molecular weight excluding hydrogens is 901 g/mol. The normalized spacial score (nSPS) is 14.8. The molecule has 0 aliphatic rings. The SMILES string of the molecule is CC(C)C[C@H](NC(=O)[C@H](CC(C)C)NC(=O)[C@H](CCCCN)NC(=O)[C@H](CC(=O)O)NC(=O)[C@@H](NC(=O)[C@H](C)N)C(C)C)C(=O)NCC(=O)N[C@@H](Cc1ccc(O)cc1)C(=O)N[C@H](C(=O)O)C(C)C. The van der Waals surface area contributed by atoms with E-state index in [1.807, 2.05) is 0 Å². The van der Waals surface area contributed by atoms with Gasteiger partial charge in [0.15, 0.2) is 0 Å². The molecule has 0 spiro atoms. The van der Waals surface area contributed by atoms with Crippen molar-refractivity contribution in [2.75, 3.05) is 13.1 Å². The molecule has 0 saturated carbocycles. The van der Waals surface area contributed by atoms with Crippen LogP contribution in [-0.2, 0) is 54.4 Å². The summed E-state index contributed by atoms with van der Waals surface area (Å²) in [4.78, 5) is 131. The fourth-order valence-electron chi connectivity index (χ4n) is 6.83. The third-order valence-corrected chi connectivity index (χ3v) is 10.6. The molecule has 8 amide bonds. The highest BCUT2D eigenvalue weighted by Gasteiger charge is 2.35. The first-order valence-corrected chi connectivity index (χ1v) is 23.2. The average Bonchev–Trinajstić information content (AvgIpc) is 3.24. The first-order valence-electron chi connectivity index (χ1n) is 23.2. The second kappa shape index (κ2) is 30.2. The Morgan fingerprint density at radius 2 is 1.00 bits per heavy atom. The van der Waals surface area contributed by atoms with Gasteiger partial charge < -0.3 is 69.3 Å². The van der Waals surface area contributed by atoms with Crippen molar-refractivity contribution in [3.05, 3.63) is 29.8 Å². The number of hydrogen-bond donors (Lipinski definition) is 13. The van der Waals surface area contributed by atoms with Gasteiger partial charge in [-0.2, -0.15) is 0 Å². The molecule has 8 atom stereocenters. The minimum Gasteiger partial charge on any atom is -0.508 e. The molecule has 15 N–H and O–H groups in total. The molecule has 23 heteroatoms. The number of nitrogens with one attached hydrogen (secondary N) is 8. The molecule has 0 aromatic heterocycles. The molecule has 0 saturated heterocycles. The van der Waals surface area contributed by atoms with Crippen LogP contribution in [0, 0.1) is 23.7 Å². The van der Waals surface area contributed by atoms with Crippen molar-refractivity contribution in [1.82, 2.24) is 42.5 Å². The lowest BCUT2D eigenvalue weighted by Gasteiger charge is -2.28. The quantitative estimate of drug-likeness (QED) is 0.0392. The standard InChI is InChI=1S/C46H76N10O13/c1-23(2)18-31(40(62)49-22-35(58)50-33(20-28-13-15-29(57)16-14-28)44(66)56-38(26(7)8)46(68)69)52-42(64)32(19-24(3)4)53-41(63)30(12-10-11-17-47)51-43(65)34(21-36(59)60)54-45(67)37(25(5)6)55-39(61)27(9)48/h13-16,23-27,30-34,37-38,57H,10-12,17-22,47-48H2,1-9H3,(H,49,62)(H,50,58)(H,51,65)(H,52,64)(H,53,63)(H,54,67)(H,55,61)(H,56,66)(H,59,60)(H,68,69)/t27-,30-,31-,32-,33-,34-,37-,38-/m0/s1. The summed E-state index contributed by atoms with van der Waals surface area (Å²) in [5.41, 5.74) is 11.8. The molecule has 0 unspecified atom stereocenters. The van der Waals surface area contributed by atoms with Gasteiger partial charge in [-0.1, -0.05) is 67.5 Å². The predicted octanol–water partition coefficient (Wildman–Crippen LogP) is -1.12. The number of phenolic OH excluding ortho intramolecular Hbond substituents is 1. The lowest BCUT2D eigenvalue weighted by atomic mass is 9.99. The van der Waals surface area contributed by atoms with Crippen LogP contribution in [0.15, 0.2) is 24.3 Å². The van der Waals surface area contributed by atoms with Crippen LogP contribution in [-0.4, -0.2) is 136 Å². The van der Waals surface area contributed by atoms with Gasteiger partial charge in [0, 0.05) is 6.42 Å². The van der Waals surface area contributed by atoms with E-state index in [-0.39, 0.29) is 49.8 Å². The molecule has 23 nitrogen and oxygen atoms in total. The maximum Gasteiger partial charge on any atom is 0.326 e. The number of aliphatic carboxylic acids is 2. The van der Waals surface area contributed by atoms with Gasteiger partial charge >= 0.3 is 11.9 Å². The summed E-state index contributed by atoms with van der Waals surface area (Å²) in [5.74, 6) is -10.7. The number of phenols is 1. The van der Waals surface area contributed by atoms with E-state index in [1.54, 1.807) is 55.4 Å². The Morgan fingerprint density at radius 3 is 1.48 bits per heavy atom. The number of unbranched alkanes of at least 4 members (excludes halogenated alkanes) is 1. The van der Waals surface area contributed by atoms with Crippen molar-refractivity contribution >= 4 is 59.2 Å². The number of carbonyl (C=O) groups is 10. The summed E-state index contributed by atoms with van der Waals surface area (Å²) < 4.78 is 0. The Bertz CT molecular complexity index is 1910. The molecule has 388 valence electrons. The fourth-order valence-corrected chi connectivity index (χ4v) is 6.83. The van der Waals surface area contributed by atoms with Crippen LogP contribution in [0.1, 0.15) is 106 Å². The minimum absolute atomic E-state index is 0.00659. The predicted molar refractivity (Wildman–Crippen MR) is 253 cm³/mol. The van der Waals surface area contributed by atoms with Crippen molar-refractivity contribution in [2.24, 2.45) is 35.1 Å². The number of rotatable bonds is 31. The number of carboxylic acid groups (broad SMARTS) is 2. The van der Waals surface area contributed by atoms with Crippen LogP contribution in [0.2, 0.25) is 0 Å². The second-order valence-electron chi connectivity index (χ2n) is 18.7. The van der Waals surface area contributed by atoms with Crippen molar-refractivity contribution in [2.45, 2.75) is 156 Å². The Labute approximate surface area is 403 Å². The van der Waals surface area contributed by atoms with Crippen molar-refractivity contribution in [3.63, 3.8) is 0 Å². The van der Waals surface area contributed by atoms with Crippen LogP contribution >= 0.6 is 0 Å². The van der Waals surface area contributed by atoms with E-state index in [2.05, 4.69) is 42.5 Å². The monoisotopic (exact) mass is 977 g/mol. The summed E-state index contributed by atoms with van der Waals surface area (Å²) in [7, 11) is 0.